The van der Waals surface area contributed by atoms with Gasteiger partial charge in [-0.05, 0) is 65.7 Å². The van der Waals surface area contributed by atoms with E-state index in [1.54, 1.807) is 13.2 Å². The number of carbonyl (C=O) groups is 1. The van der Waals surface area contributed by atoms with Crippen LogP contribution in [0.25, 0.3) is 16.5 Å². The van der Waals surface area contributed by atoms with Crippen LogP contribution in [0.15, 0.2) is 66.7 Å². The number of thiophene rings is 1. The van der Waals surface area contributed by atoms with E-state index >= 15 is 0 Å². The van der Waals surface area contributed by atoms with Gasteiger partial charge < -0.3 is 9.64 Å². The number of carbonyl (C=O) groups excluding carboxylic acids is 1. The SMILES string of the molecule is COc1ccc(-c2ccc(C(=O)/C=C/c3ccc(N(C)C)cc3)s2)cc1. The Morgan fingerprint density at radius 3 is 2.27 bits per heavy atom. The Kier molecular flexibility index (Phi) is 5.54. The number of rotatable bonds is 6. The third-order valence-electron chi connectivity index (χ3n) is 4.06. The zero-order chi connectivity index (χ0) is 18.5. The summed E-state index contributed by atoms with van der Waals surface area (Å²) in [6.07, 6.45) is 3.49. The minimum absolute atomic E-state index is 0.0199. The molecule has 0 saturated carbocycles. The topological polar surface area (TPSA) is 29.5 Å². The molecule has 0 fully saturated rings. The molecule has 2 aromatic carbocycles. The van der Waals surface area contributed by atoms with Crippen LogP contribution in [0.1, 0.15) is 15.2 Å². The lowest BCUT2D eigenvalue weighted by Gasteiger charge is -2.11. The fourth-order valence-electron chi connectivity index (χ4n) is 2.52. The van der Waals surface area contributed by atoms with Gasteiger partial charge in [0.25, 0.3) is 0 Å². The van der Waals surface area contributed by atoms with Gasteiger partial charge in [0.2, 0.25) is 0 Å². The molecule has 0 spiro atoms. The summed E-state index contributed by atoms with van der Waals surface area (Å²) < 4.78 is 5.18. The summed E-state index contributed by atoms with van der Waals surface area (Å²) in [4.78, 5) is 16.3. The maximum atomic E-state index is 12.4. The van der Waals surface area contributed by atoms with Crippen molar-refractivity contribution in [3.8, 4) is 16.2 Å². The van der Waals surface area contributed by atoms with Crippen molar-refractivity contribution in [1.82, 2.24) is 0 Å². The van der Waals surface area contributed by atoms with Crippen LogP contribution in [0.2, 0.25) is 0 Å². The van der Waals surface area contributed by atoms with Gasteiger partial charge in [-0.15, -0.1) is 11.3 Å². The number of benzene rings is 2. The van der Waals surface area contributed by atoms with E-state index in [-0.39, 0.29) is 5.78 Å². The van der Waals surface area contributed by atoms with Gasteiger partial charge in [0.05, 0.1) is 12.0 Å². The molecule has 0 aliphatic rings. The fourth-order valence-corrected chi connectivity index (χ4v) is 3.45. The summed E-state index contributed by atoms with van der Waals surface area (Å²) in [6.45, 7) is 0. The average Bonchev–Trinajstić information content (AvgIpc) is 3.17. The van der Waals surface area contributed by atoms with Crippen LogP contribution in [0.4, 0.5) is 5.69 Å². The van der Waals surface area contributed by atoms with Crippen molar-refractivity contribution < 1.29 is 9.53 Å². The van der Waals surface area contributed by atoms with Crippen LogP contribution in [0.3, 0.4) is 0 Å². The van der Waals surface area contributed by atoms with Crippen LogP contribution in [-0.2, 0) is 0 Å². The van der Waals surface area contributed by atoms with E-state index in [0.717, 1.165) is 32.3 Å². The molecule has 0 aliphatic carbocycles. The van der Waals surface area contributed by atoms with Crippen molar-refractivity contribution in [2.24, 2.45) is 0 Å². The van der Waals surface area contributed by atoms with Gasteiger partial charge in [-0.3, -0.25) is 4.79 Å². The number of hydrogen-bond donors (Lipinski definition) is 0. The van der Waals surface area contributed by atoms with E-state index in [1.165, 1.54) is 11.3 Å². The third kappa shape index (κ3) is 4.21. The normalized spacial score (nSPS) is 10.9. The van der Waals surface area contributed by atoms with Gasteiger partial charge in [0.15, 0.2) is 5.78 Å². The Morgan fingerprint density at radius 2 is 1.65 bits per heavy atom. The molecular formula is C22H21NO2S. The monoisotopic (exact) mass is 363 g/mol. The van der Waals surface area contributed by atoms with Crippen molar-refractivity contribution >= 4 is 28.9 Å². The molecule has 1 heterocycles. The van der Waals surface area contributed by atoms with Crippen LogP contribution < -0.4 is 9.64 Å². The molecular weight excluding hydrogens is 342 g/mol. The number of hydrogen-bond acceptors (Lipinski definition) is 4. The molecule has 132 valence electrons. The lowest BCUT2D eigenvalue weighted by molar-refractivity contribution is 0.105. The Morgan fingerprint density at radius 1 is 0.962 bits per heavy atom. The van der Waals surface area contributed by atoms with Crippen LogP contribution in [-0.4, -0.2) is 27.0 Å². The molecule has 0 radical (unpaired) electrons. The van der Waals surface area contributed by atoms with E-state index in [2.05, 4.69) is 0 Å². The molecule has 26 heavy (non-hydrogen) atoms. The quantitative estimate of drug-likeness (QED) is 0.435. The van der Waals surface area contributed by atoms with Crippen molar-refractivity contribution in [2.75, 3.05) is 26.1 Å². The van der Waals surface area contributed by atoms with Gasteiger partial charge in [-0.25, -0.2) is 0 Å². The number of ketones is 1. The van der Waals surface area contributed by atoms with Crippen LogP contribution in [0, 0.1) is 0 Å². The summed E-state index contributed by atoms with van der Waals surface area (Å²) in [5.74, 6) is 0.844. The van der Waals surface area contributed by atoms with E-state index in [0.29, 0.717) is 0 Å². The molecule has 0 unspecified atom stereocenters. The second kappa shape index (κ2) is 8.02. The third-order valence-corrected chi connectivity index (χ3v) is 5.21. The molecule has 4 heteroatoms. The minimum Gasteiger partial charge on any atom is -0.497 e. The summed E-state index contributed by atoms with van der Waals surface area (Å²) in [6, 6.07) is 19.8. The molecule has 1 aromatic heterocycles. The highest BCUT2D eigenvalue weighted by molar-refractivity contribution is 7.17. The first kappa shape index (κ1) is 18.0. The summed E-state index contributed by atoms with van der Waals surface area (Å²) in [7, 11) is 5.66. The van der Waals surface area contributed by atoms with Crippen molar-refractivity contribution in [3.63, 3.8) is 0 Å². The molecule has 0 atom stereocenters. The van der Waals surface area contributed by atoms with Crippen molar-refractivity contribution in [1.29, 1.82) is 0 Å². The van der Waals surface area contributed by atoms with Gasteiger partial charge in [0, 0.05) is 24.7 Å². The molecule has 0 amide bonds. The highest BCUT2D eigenvalue weighted by atomic mass is 32.1. The van der Waals surface area contributed by atoms with Crippen molar-refractivity contribution in [3.05, 3.63) is 77.2 Å². The first-order valence-electron chi connectivity index (χ1n) is 8.31. The lowest BCUT2D eigenvalue weighted by atomic mass is 10.1. The van der Waals surface area contributed by atoms with Crippen molar-refractivity contribution in [2.45, 2.75) is 0 Å². The predicted molar refractivity (Wildman–Crippen MR) is 110 cm³/mol. The molecule has 3 aromatic rings. The van der Waals surface area contributed by atoms with Gasteiger partial charge >= 0.3 is 0 Å². The second-order valence-corrected chi connectivity index (χ2v) is 7.16. The minimum atomic E-state index is 0.0199. The standard InChI is InChI=1S/C22H21NO2S/c1-23(2)18-9-4-16(5-10-18)6-13-20(24)22-15-14-21(26-22)17-7-11-19(25-3)12-8-17/h4-15H,1-3H3/b13-6+. The van der Waals surface area contributed by atoms with Gasteiger partial charge in [0.1, 0.15) is 5.75 Å². The highest BCUT2D eigenvalue weighted by Crippen LogP contribution is 2.30. The molecule has 0 N–H and O–H groups in total. The smallest absolute Gasteiger partial charge is 0.195 e. The molecule has 0 bridgehead atoms. The number of methoxy groups -OCH3 is 1. The molecule has 3 nitrogen and oxygen atoms in total. The number of allylic oxidation sites excluding steroid dienone is 1. The summed E-state index contributed by atoms with van der Waals surface area (Å²) >= 11 is 1.50. The summed E-state index contributed by atoms with van der Waals surface area (Å²) in [5.41, 5.74) is 3.23. The molecule has 3 rings (SSSR count). The van der Waals surface area contributed by atoms with E-state index in [4.69, 9.17) is 4.74 Å². The number of ether oxygens (including phenoxy) is 1. The Bertz CT molecular complexity index is 906. The molecule has 0 saturated heterocycles. The zero-order valence-corrected chi connectivity index (χ0v) is 15.9. The van der Waals surface area contributed by atoms with Crippen LogP contribution in [0.5, 0.6) is 5.75 Å². The highest BCUT2D eigenvalue weighted by Gasteiger charge is 2.08. The number of nitrogens with zero attached hydrogens (tertiary/aromatic N) is 1. The maximum Gasteiger partial charge on any atom is 0.195 e. The first-order chi connectivity index (χ1) is 12.6. The Labute approximate surface area is 158 Å². The van der Waals surface area contributed by atoms with Crippen LogP contribution >= 0.6 is 11.3 Å². The van der Waals surface area contributed by atoms with E-state index < -0.39 is 0 Å². The van der Waals surface area contributed by atoms with E-state index in [1.807, 2.05) is 85.7 Å². The predicted octanol–water partition coefficient (Wildman–Crippen LogP) is 5.39. The van der Waals surface area contributed by atoms with Gasteiger partial charge in [-0.1, -0.05) is 18.2 Å². The van der Waals surface area contributed by atoms with E-state index in [9.17, 15) is 4.79 Å². The Hall–Kier alpha value is -2.85. The first-order valence-corrected chi connectivity index (χ1v) is 9.12. The summed E-state index contributed by atoms with van der Waals surface area (Å²) in [5, 5.41) is 0. The Balaban J connectivity index is 1.71. The maximum absolute atomic E-state index is 12.4. The number of anilines is 1. The zero-order valence-electron chi connectivity index (χ0n) is 15.1. The molecule has 0 aliphatic heterocycles. The lowest BCUT2D eigenvalue weighted by Crippen LogP contribution is -2.07. The largest absolute Gasteiger partial charge is 0.497 e. The van der Waals surface area contributed by atoms with Gasteiger partial charge in [-0.2, -0.15) is 0 Å². The average molecular weight is 363 g/mol. The second-order valence-electron chi connectivity index (χ2n) is 6.08. The fraction of sp³-hybridized carbons (Fsp3) is 0.136.